The molecular weight excluding hydrogens is 322 g/mol. The van der Waals surface area contributed by atoms with Gasteiger partial charge >= 0.3 is 0 Å². The predicted molar refractivity (Wildman–Crippen MR) is 83.7 cm³/mol. The van der Waals surface area contributed by atoms with Gasteiger partial charge in [0.25, 0.3) is 5.69 Å². The highest BCUT2D eigenvalue weighted by molar-refractivity contribution is 7.89. The zero-order valence-corrected chi connectivity index (χ0v) is 13.5. The quantitative estimate of drug-likeness (QED) is 0.651. The van der Waals surface area contributed by atoms with Crippen molar-refractivity contribution in [1.29, 1.82) is 0 Å². The summed E-state index contributed by atoms with van der Waals surface area (Å²) in [5.74, 6) is 0.555. The van der Waals surface area contributed by atoms with E-state index in [0.717, 1.165) is 12.8 Å². The molecular formula is C14H19N3O5S. The highest BCUT2D eigenvalue weighted by Gasteiger charge is 2.37. The molecule has 1 aromatic carbocycles. The molecule has 1 aliphatic carbocycles. The van der Waals surface area contributed by atoms with Gasteiger partial charge in [-0.2, -0.15) is 0 Å². The number of nitro groups is 1. The molecule has 1 saturated heterocycles. The Bertz CT molecular complexity index is 732. The van der Waals surface area contributed by atoms with Crippen LogP contribution in [0.1, 0.15) is 19.8 Å². The molecule has 3 rings (SSSR count). The SMILES string of the molecule is C[C@@H]1CN(c2ccc(S(N)(=O)=O)c([N+](=O)[O-])c2)C[C@@H](C2CC2)O1. The van der Waals surface area contributed by atoms with Crippen LogP contribution in [0.25, 0.3) is 0 Å². The number of rotatable bonds is 4. The van der Waals surface area contributed by atoms with E-state index in [1.165, 1.54) is 12.1 Å². The highest BCUT2D eigenvalue weighted by Crippen LogP contribution is 2.38. The molecule has 2 atom stereocenters. The molecule has 1 aliphatic heterocycles. The van der Waals surface area contributed by atoms with Gasteiger partial charge in [0.15, 0.2) is 4.90 Å². The van der Waals surface area contributed by atoms with Crippen LogP contribution in [0.2, 0.25) is 0 Å². The van der Waals surface area contributed by atoms with Gasteiger partial charge in [-0.3, -0.25) is 10.1 Å². The lowest BCUT2D eigenvalue weighted by molar-refractivity contribution is -0.387. The Hall–Kier alpha value is -1.71. The number of morpholine rings is 1. The summed E-state index contributed by atoms with van der Waals surface area (Å²) in [5, 5.41) is 16.2. The summed E-state index contributed by atoms with van der Waals surface area (Å²) in [4.78, 5) is 12.0. The van der Waals surface area contributed by atoms with Crippen LogP contribution in [0, 0.1) is 16.0 Å². The van der Waals surface area contributed by atoms with Crippen molar-refractivity contribution in [3.05, 3.63) is 28.3 Å². The minimum atomic E-state index is -4.14. The molecule has 0 aromatic heterocycles. The van der Waals surface area contributed by atoms with E-state index in [1.807, 2.05) is 11.8 Å². The fourth-order valence-electron chi connectivity index (χ4n) is 3.01. The van der Waals surface area contributed by atoms with E-state index in [4.69, 9.17) is 9.88 Å². The number of ether oxygens (including phenoxy) is 1. The molecule has 1 saturated carbocycles. The number of hydrogen-bond donors (Lipinski definition) is 1. The lowest BCUT2D eigenvalue weighted by Crippen LogP contribution is -2.47. The zero-order valence-electron chi connectivity index (χ0n) is 12.7. The van der Waals surface area contributed by atoms with Crippen LogP contribution in [0.5, 0.6) is 0 Å². The van der Waals surface area contributed by atoms with Crippen molar-refractivity contribution in [2.75, 3.05) is 18.0 Å². The Morgan fingerprint density at radius 1 is 1.35 bits per heavy atom. The number of anilines is 1. The number of nitrogens with zero attached hydrogens (tertiary/aromatic N) is 2. The largest absolute Gasteiger partial charge is 0.371 e. The van der Waals surface area contributed by atoms with Crippen LogP contribution in [0.4, 0.5) is 11.4 Å². The molecule has 0 unspecified atom stereocenters. The summed E-state index contributed by atoms with van der Waals surface area (Å²) >= 11 is 0. The van der Waals surface area contributed by atoms with E-state index in [2.05, 4.69) is 0 Å². The average Bonchev–Trinajstić information content (AvgIpc) is 3.29. The molecule has 0 amide bonds. The molecule has 0 radical (unpaired) electrons. The molecule has 23 heavy (non-hydrogen) atoms. The minimum absolute atomic E-state index is 0.0197. The molecule has 0 bridgehead atoms. The van der Waals surface area contributed by atoms with Crippen LogP contribution in [-0.4, -0.2) is 38.6 Å². The van der Waals surface area contributed by atoms with Crippen molar-refractivity contribution in [1.82, 2.24) is 0 Å². The monoisotopic (exact) mass is 341 g/mol. The molecule has 1 aromatic rings. The first kappa shape index (κ1) is 16.2. The first-order valence-corrected chi connectivity index (χ1v) is 9.02. The van der Waals surface area contributed by atoms with Crippen molar-refractivity contribution in [2.45, 2.75) is 36.9 Å². The van der Waals surface area contributed by atoms with Crippen molar-refractivity contribution >= 4 is 21.4 Å². The average molecular weight is 341 g/mol. The molecule has 2 fully saturated rings. The summed E-state index contributed by atoms with van der Waals surface area (Å²) in [6.07, 6.45) is 2.44. The van der Waals surface area contributed by atoms with Crippen LogP contribution >= 0.6 is 0 Å². The third kappa shape index (κ3) is 3.46. The Kier molecular flexibility index (Phi) is 4.03. The van der Waals surface area contributed by atoms with Crippen LogP contribution in [0.3, 0.4) is 0 Å². The first-order chi connectivity index (χ1) is 10.8. The first-order valence-electron chi connectivity index (χ1n) is 7.47. The second-order valence-electron chi connectivity index (χ2n) is 6.18. The van der Waals surface area contributed by atoms with Crippen LogP contribution < -0.4 is 10.0 Å². The van der Waals surface area contributed by atoms with Gasteiger partial charge in [-0.05, 0) is 37.8 Å². The van der Waals surface area contributed by atoms with Crippen molar-refractivity contribution < 1.29 is 18.1 Å². The smallest absolute Gasteiger partial charge is 0.291 e. The number of nitrogens with two attached hydrogens (primary N) is 1. The topological polar surface area (TPSA) is 116 Å². The van der Waals surface area contributed by atoms with E-state index < -0.39 is 25.5 Å². The van der Waals surface area contributed by atoms with Gasteiger partial charge in [0.05, 0.1) is 17.1 Å². The number of sulfonamides is 1. The predicted octanol–water partition coefficient (Wildman–Crippen LogP) is 1.25. The van der Waals surface area contributed by atoms with E-state index in [-0.39, 0.29) is 12.2 Å². The van der Waals surface area contributed by atoms with Gasteiger partial charge in [0, 0.05) is 24.8 Å². The maximum Gasteiger partial charge on any atom is 0.291 e. The highest BCUT2D eigenvalue weighted by atomic mass is 32.2. The summed E-state index contributed by atoms with van der Waals surface area (Å²) in [6, 6.07) is 4.05. The van der Waals surface area contributed by atoms with E-state index in [9.17, 15) is 18.5 Å². The van der Waals surface area contributed by atoms with E-state index >= 15 is 0 Å². The normalized spacial score (nSPS) is 25.4. The summed E-state index contributed by atoms with van der Waals surface area (Å²) in [5.41, 5.74) is 0.122. The van der Waals surface area contributed by atoms with Gasteiger partial charge in [0.1, 0.15) is 0 Å². The Morgan fingerprint density at radius 3 is 2.61 bits per heavy atom. The summed E-state index contributed by atoms with van der Waals surface area (Å²) in [6.45, 7) is 3.23. The fourth-order valence-corrected chi connectivity index (χ4v) is 3.69. The van der Waals surface area contributed by atoms with Crippen molar-refractivity contribution in [3.8, 4) is 0 Å². The van der Waals surface area contributed by atoms with E-state index in [0.29, 0.717) is 24.7 Å². The number of nitro benzene ring substituents is 1. The number of benzene rings is 1. The lowest BCUT2D eigenvalue weighted by atomic mass is 10.1. The zero-order chi connectivity index (χ0) is 16.8. The van der Waals surface area contributed by atoms with Crippen LogP contribution in [-0.2, 0) is 14.8 Å². The maximum atomic E-state index is 11.5. The Labute approximate surface area is 134 Å². The third-order valence-corrected chi connectivity index (χ3v) is 5.20. The second-order valence-corrected chi connectivity index (χ2v) is 7.71. The molecule has 126 valence electrons. The minimum Gasteiger partial charge on any atom is -0.371 e. The Morgan fingerprint density at radius 2 is 2.04 bits per heavy atom. The maximum absolute atomic E-state index is 11.5. The Balaban J connectivity index is 1.93. The molecule has 8 nitrogen and oxygen atoms in total. The third-order valence-electron chi connectivity index (χ3n) is 4.24. The number of hydrogen-bond acceptors (Lipinski definition) is 6. The van der Waals surface area contributed by atoms with Crippen LogP contribution in [0.15, 0.2) is 23.1 Å². The molecule has 2 aliphatic rings. The molecule has 0 spiro atoms. The van der Waals surface area contributed by atoms with Gasteiger partial charge in [-0.1, -0.05) is 0 Å². The number of primary sulfonamides is 1. The second kappa shape index (κ2) is 5.73. The van der Waals surface area contributed by atoms with Gasteiger partial charge in [-0.15, -0.1) is 0 Å². The molecule has 2 N–H and O–H groups in total. The molecule has 9 heteroatoms. The summed E-state index contributed by atoms with van der Waals surface area (Å²) in [7, 11) is -4.14. The fraction of sp³-hybridized carbons (Fsp3) is 0.571. The standard InChI is InChI=1S/C14H19N3O5S/c1-9-7-16(8-13(22-9)10-2-3-10)11-4-5-14(23(15,20)21)12(6-11)17(18)19/h4-6,9-10,13H,2-3,7-8H2,1H3,(H2,15,20,21)/t9-,13+/m1/s1. The van der Waals surface area contributed by atoms with Gasteiger partial charge in [0.2, 0.25) is 10.0 Å². The van der Waals surface area contributed by atoms with Crippen molar-refractivity contribution in [2.24, 2.45) is 11.1 Å². The van der Waals surface area contributed by atoms with Crippen molar-refractivity contribution in [3.63, 3.8) is 0 Å². The van der Waals surface area contributed by atoms with Gasteiger partial charge in [-0.25, -0.2) is 13.6 Å². The lowest BCUT2D eigenvalue weighted by Gasteiger charge is -2.38. The van der Waals surface area contributed by atoms with E-state index in [1.54, 1.807) is 6.07 Å². The van der Waals surface area contributed by atoms with Gasteiger partial charge < -0.3 is 9.64 Å². The molecule has 1 heterocycles. The summed E-state index contributed by atoms with van der Waals surface area (Å²) < 4.78 is 28.9.